The summed E-state index contributed by atoms with van der Waals surface area (Å²) in [5.74, 6) is -0.931. The van der Waals surface area contributed by atoms with E-state index in [1.54, 1.807) is 25.1 Å². The van der Waals surface area contributed by atoms with Gasteiger partial charge in [-0.05, 0) is 31.0 Å². The molecule has 1 heterocycles. The summed E-state index contributed by atoms with van der Waals surface area (Å²) in [5.41, 5.74) is 2.13. The SMILES string of the molecule is CCc1[nH]c(C(=O)Nc2ccccc2O)c(C)c1C(=O)OC. The second-order valence-electron chi connectivity index (χ2n) is 4.79. The Balaban J connectivity index is 2.37. The summed E-state index contributed by atoms with van der Waals surface area (Å²) < 4.78 is 4.76. The molecular weight excluding hydrogens is 284 g/mol. The van der Waals surface area contributed by atoms with Crippen LogP contribution in [0.25, 0.3) is 0 Å². The van der Waals surface area contributed by atoms with Gasteiger partial charge in [-0.25, -0.2) is 4.79 Å². The average molecular weight is 302 g/mol. The van der Waals surface area contributed by atoms with E-state index >= 15 is 0 Å². The first-order chi connectivity index (χ1) is 10.5. The first-order valence-corrected chi connectivity index (χ1v) is 6.88. The van der Waals surface area contributed by atoms with Gasteiger partial charge in [-0.1, -0.05) is 19.1 Å². The van der Waals surface area contributed by atoms with Crippen molar-refractivity contribution in [1.82, 2.24) is 4.98 Å². The highest BCUT2D eigenvalue weighted by atomic mass is 16.5. The maximum absolute atomic E-state index is 12.4. The minimum absolute atomic E-state index is 0.0241. The fraction of sp³-hybridized carbons (Fsp3) is 0.250. The van der Waals surface area contributed by atoms with Crippen LogP contribution >= 0.6 is 0 Å². The van der Waals surface area contributed by atoms with Crippen molar-refractivity contribution in [3.8, 4) is 5.75 Å². The topological polar surface area (TPSA) is 91.4 Å². The molecule has 0 aliphatic rings. The van der Waals surface area contributed by atoms with E-state index in [1.165, 1.54) is 13.2 Å². The predicted octanol–water partition coefficient (Wildman–Crippen LogP) is 2.63. The molecular formula is C16H18N2O4. The first-order valence-electron chi connectivity index (χ1n) is 6.88. The minimum atomic E-state index is -0.479. The van der Waals surface area contributed by atoms with Crippen LogP contribution in [0.1, 0.15) is 39.0 Å². The Morgan fingerprint density at radius 3 is 2.59 bits per heavy atom. The van der Waals surface area contributed by atoms with Crippen LogP contribution in [0.4, 0.5) is 5.69 Å². The molecule has 0 saturated carbocycles. The standard InChI is InChI=1S/C16H18N2O4/c1-4-10-13(16(21)22-3)9(2)14(17-10)15(20)18-11-7-5-6-8-12(11)19/h5-8,17,19H,4H2,1-3H3,(H,18,20). The van der Waals surface area contributed by atoms with Gasteiger partial charge in [0.1, 0.15) is 11.4 Å². The van der Waals surface area contributed by atoms with Gasteiger partial charge in [-0.2, -0.15) is 0 Å². The van der Waals surface area contributed by atoms with Gasteiger partial charge in [0.15, 0.2) is 0 Å². The van der Waals surface area contributed by atoms with Crippen molar-refractivity contribution in [2.24, 2.45) is 0 Å². The van der Waals surface area contributed by atoms with Crippen LogP contribution in [0.5, 0.6) is 5.75 Å². The fourth-order valence-corrected chi connectivity index (χ4v) is 2.29. The number of H-pyrrole nitrogens is 1. The number of esters is 1. The summed E-state index contributed by atoms with van der Waals surface area (Å²) in [7, 11) is 1.30. The molecule has 1 amide bonds. The van der Waals surface area contributed by atoms with E-state index in [0.717, 1.165) is 0 Å². The largest absolute Gasteiger partial charge is 0.506 e. The number of benzene rings is 1. The number of aryl methyl sites for hydroxylation is 1. The molecule has 0 spiro atoms. The van der Waals surface area contributed by atoms with E-state index in [1.807, 2.05) is 6.92 Å². The number of ether oxygens (including phenoxy) is 1. The Morgan fingerprint density at radius 1 is 1.32 bits per heavy atom. The molecule has 0 radical (unpaired) electrons. The molecule has 1 aromatic heterocycles. The molecule has 3 N–H and O–H groups in total. The van der Waals surface area contributed by atoms with Gasteiger partial charge in [-0.3, -0.25) is 4.79 Å². The van der Waals surface area contributed by atoms with Gasteiger partial charge < -0.3 is 20.1 Å². The molecule has 0 aliphatic carbocycles. The number of aromatic hydroxyl groups is 1. The number of amides is 1. The Bertz CT molecular complexity index is 719. The maximum Gasteiger partial charge on any atom is 0.339 e. The highest BCUT2D eigenvalue weighted by Crippen LogP contribution is 2.24. The van der Waals surface area contributed by atoms with Crippen LogP contribution < -0.4 is 5.32 Å². The van der Waals surface area contributed by atoms with Crippen LogP contribution in [-0.2, 0) is 11.2 Å². The third-order valence-corrected chi connectivity index (χ3v) is 3.45. The summed E-state index contributed by atoms with van der Waals surface area (Å²) in [6, 6.07) is 6.44. The molecule has 0 saturated heterocycles. The maximum atomic E-state index is 12.4. The number of carbonyl (C=O) groups excluding carboxylic acids is 2. The summed E-state index contributed by atoms with van der Waals surface area (Å²) in [4.78, 5) is 27.2. The quantitative estimate of drug-likeness (QED) is 0.598. The number of phenolic OH excluding ortho intramolecular Hbond substituents is 1. The number of anilines is 1. The van der Waals surface area contributed by atoms with Crippen molar-refractivity contribution in [1.29, 1.82) is 0 Å². The second kappa shape index (κ2) is 6.34. The number of nitrogens with one attached hydrogen (secondary N) is 2. The van der Waals surface area contributed by atoms with Crippen LogP contribution in [0, 0.1) is 6.92 Å². The molecule has 2 aromatic rings. The van der Waals surface area contributed by atoms with Crippen LogP contribution in [0.3, 0.4) is 0 Å². The summed E-state index contributed by atoms with van der Waals surface area (Å²) >= 11 is 0. The molecule has 116 valence electrons. The molecule has 0 fully saturated rings. The van der Waals surface area contributed by atoms with E-state index in [9.17, 15) is 14.7 Å². The highest BCUT2D eigenvalue weighted by molar-refractivity contribution is 6.07. The van der Waals surface area contributed by atoms with Crippen LogP contribution in [0.2, 0.25) is 0 Å². The molecule has 0 unspecified atom stereocenters. The number of phenols is 1. The van der Waals surface area contributed by atoms with Gasteiger partial charge in [0.05, 0.1) is 18.4 Å². The third-order valence-electron chi connectivity index (χ3n) is 3.45. The number of para-hydroxylation sites is 2. The molecule has 6 heteroatoms. The Kier molecular flexibility index (Phi) is 4.50. The Morgan fingerprint density at radius 2 is 2.00 bits per heavy atom. The molecule has 2 rings (SSSR count). The zero-order chi connectivity index (χ0) is 16.3. The lowest BCUT2D eigenvalue weighted by atomic mass is 10.1. The van der Waals surface area contributed by atoms with Crippen LogP contribution in [-0.4, -0.2) is 29.1 Å². The zero-order valence-corrected chi connectivity index (χ0v) is 12.7. The minimum Gasteiger partial charge on any atom is -0.506 e. The zero-order valence-electron chi connectivity index (χ0n) is 12.7. The van der Waals surface area contributed by atoms with E-state index in [2.05, 4.69) is 10.3 Å². The lowest BCUT2D eigenvalue weighted by molar-refractivity contribution is 0.0599. The number of hydrogen-bond donors (Lipinski definition) is 3. The Labute approximate surface area is 128 Å². The summed E-state index contributed by atoms with van der Waals surface area (Å²) in [5, 5.41) is 12.3. The normalized spacial score (nSPS) is 10.3. The lowest BCUT2D eigenvalue weighted by Crippen LogP contribution is -2.14. The van der Waals surface area contributed by atoms with Crippen molar-refractivity contribution in [3.63, 3.8) is 0 Å². The number of aromatic nitrogens is 1. The van der Waals surface area contributed by atoms with E-state index < -0.39 is 11.9 Å². The number of hydrogen-bond acceptors (Lipinski definition) is 4. The monoisotopic (exact) mass is 302 g/mol. The predicted molar refractivity (Wildman–Crippen MR) is 82.3 cm³/mol. The molecule has 1 aromatic carbocycles. The van der Waals surface area contributed by atoms with Crippen LogP contribution in [0.15, 0.2) is 24.3 Å². The number of methoxy groups -OCH3 is 1. The van der Waals surface area contributed by atoms with Crippen molar-refractivity contribution in [3.05, 3.63) is 46.8 Å². The van der Waals surface area contributed by atoms with Crippen molar-refractivity contribution in [2.75, 3.05) is 12.4 Å². The van der Waals surface area contributed by atoms with E-state index in [-0.39, 0.29) is 11.4 Å². The van der Waals surface area contributed by atoms with Crippen molar-refractivity contribution in [2.45, 2.75) is 20.3 Å². The first kappa shape index (κ1) is 15.6. The molecule has 6 nitrogen and oxygen atoms in total. The number of carbonyl (C=O) groups is 2. The fourth-order valence-electron chi connectivity index (χ4n) is 2.29. The molecule has 22 heavy (non-hydrogen) atoms. The lowest BCUT2D eigenvalue weighted by Gasteiger charge is -2.06. The molecule has 0 atom stereocenters. The highest BCUT2D eigenvalue weighted by Gasteiger charge is 2.23. The average Bonchev–Trinajstić information content (AvgIpc) is 2.85. The van der Waals surface area contributed by atoms with E-state index in [0.29, 0.717) is 28.9 Å². The summed E-state index contributed by atoms with van der Waals surface area (Å²) in [6.45, 7) is 3.56. The van der Waals surface area contributed by atoms with E-state index in [4.69, 9.17) is 4.74 Å². The number of aromatic amines is 1. The van der Waals surface area contributed by atoms with Gasteiger partial charge in [0.2, 0.25) is 0 Å². The van der Waals surface area contributed by atoms with Crippen molar-refractivity contribution < 1.29 is 19.4 Å². The third kappa shape index (κ3) is 2.81. The smallest absolute Gasteiger partial charge is 0.339 e. The van der Waals surface area contributed by atoms with Gasteiger partial charge in [0.25, 0.3) is 5.91 Å². The van der Waals surface area contributed by atoms with Gasteiger partial charge in [-0.15, -0.1) is 0 Å². The van der Waals surface area contributed by atoms with Gasteiger partial charge >= 0.3 is 5.97 Å². The number of rotatable bonds is 4. The summed E-state index contributed by atoms with van der Waals surface area (Å²) in [6.07, 6.45) is 0.565. The molecule has 0 aliphatic heterocycles. The Hall–Kier alpha value is -2.76. The van der Waals surface area contributed by atoms with Gasteiger partial charge in [0, 0.05) is 5.69 Å². The molecule has 0 bridgehead atoms. The second-order valence-corrected chi connectivity index (χ2v) is 4.79. The van der Waals surface area contributed by atoms with Crippen molar-refractivity contribution >= 4 is 17.6 Å².